The van der Waals surface area contributed by atoms with E-state index in [2.05, 4.69) is 5.32 Å². The standard InChI is InChI=1S/C27H32FN3O4S/c1-18(2)31(27(33)29-23-11-10-22(34-4)14-24(23)35-5)17-26(32)30(16-25-19(3)12-13-36-25)15-20-6-8-21(28)9-7-20/h6-14,18H,15-17H2,1-5H3,(H,29,33). The van der Waals surface area contributed by atoms with Gasteiger partial charge in [0.25, 0.3) is 0 Å². The van der Waals surface area contributed by atoms with Crippen LogP contribution in [-0.2, 0) is 17.9 Å². The summed E-state index contributed by atoms with van der Waals surface area (Å²) in [6.07, 6.45) is 0. The summed E-state index contributed by atoms with van der Waals surface area (Å²) in [6.45, 7) is 6.30. The molecule has 0 aliphatic carbocycles. The van der Waals surface area contributed by atoms with Crippen molar-refractivity contribution in [2.75, 3.05) is 26.1 Å². The Labute approximate surface area is 215 Å². The molecular weight excluding hydrogens is 481 g/mol. The number of ether oxygens (including phenoxy) is 2. The molecule has 3 aromatic rings. The molecule has 0 radical (unpaired) electrons. The number of amides is 3. The molecule has 1 heterocycles. The van der Waals surface area contributed by atoms with Crippen molar-refractivity contribution in [3.8, 4) is 11.5 Å². The highest BCUT2D eigenvalue weighted by Gasteiger charge is 2.25. The molecule has 1 N–H and O–H groups in total. The number of carbonyl (C=O) groups is 2. The second kappa shape index (κ2) is 12.4. The summed E-state index contributed by atoms with van der Waals surface area (Å²) >= 11 is 1.58. The monoisotopic (exact) mass is 513 g/mol. The fraction of sp³-hybridized carbons (Fsp3) is 0.333. The summed E-state index contributed by atoms with van der Waals surface area (Å²) in [7, 11) is 3.06. The largest absolute Gasteiger partial charge is 0.497 e. The second-order valence-electron chi connectivity index (χ2n) is 8.62. The van der Waals surface area contributed by atoms with Gasteiger partial charge in [0, 0.05) is 23.5 Å². The number of carbonyl (C=O) groups excluding carboxylic acids is 2. The summed E-state index contributed by atoms with van der Waals surface area (Å²) in [5.74, 6) is 0.505. The van der Waals surface area contributed by atoms with Crippen LogP contribution in [0.2, 0.25) is 0 Å². The molecule has 36 heavy (non-hydrogen) atoms. The lowest BCUT2D eigenvalue weighted by Gasteiger charge is -2.30. The van der Waals surface area contributed by atoms with Gasteiger partial charge in [-0.3, -0.25) is 4.79 Å². The first kappa shape index (κ1) is 27.0. The number of urea groups is 1. The Morgan fingerprint density at radius 3 is 2.33 bits per heavy atom. The van der Waals surface area contributed by atoms with E-state index in [9.17, 15) is 14.0 Å². The fourth-order valence-corrected chi connectivity index (χ4v) is 4.53. The van der Waals surface area contributed by atoms with Crippen LogP contribution < -0.4 is 14.8 Å². The molecule has 0 saturated heterocycles. The number of benzene rings is 2. The van der Waals surface area contributed by atoms with E-state index in [0.717, 1.165) is 16.0 Å². The van der Waals surface area contributed by atoms with Gasteiger partial charge >= 0.3 is 6.03 Å². The van der Waals surface area contributed by atoms with Gasteiger partial charge in [-0.15, -0.1) is 11.3 Å². The van der Waals surface area contributed by atoms with E-state index in [1.165, 1.54) is 24.1 Å². The van der Waals surface area contributed by atoms with Gasteiger partial charge in [-0.2, -0.15) is 0 Å². The van der Waals surface area contributed by atoms with Gasteiger partial charge in [-0.25, -0.2) is 9.18 Å². The van der Waals surface area contributed by atoms with Crippen molar-refractivity contribution in [3.05, 3.63) is 75.7 Å². The maximum atomic E-state index is 13.5. The minimum Gasteiger partial charge on any atom is -0.497 e. The Balaban J connectivity index is 1.79. The van der Waals surface area contributed by atoms with Crippen LogP contribution in [0.5, 0.6) is 11.5 Å². The topological polar surface area (TPSA) is 71.1 Å². The molecule has 2 aromatic carbocycles. The van der Waals surface area contributed by atoms with Crippen molar-refractivity contribution in [2.45, 2.75) is 39.9 Å². The molecule has 7 nitrogen and oxygen atoms in total. The predicted octanol–water partition coefficient (Wildman–Crippen LogP) is 5.68. The first-order valence-corrected chi connectivity index (χ1v) is 12.4. The summed E-state index contributed by atoms with van der Waals surface area (Å²) in [5, 5.41) is 4.83. The fourth-order valence-electron chi connectivity index (χ4n) is 3.61. The number of halogens is 1. The molecule has 0 saturated carbocycles. The van der Waals surface area contributed by atoms with Crippen LogP contribution in [0, 0.1) is 12.7 Å². The first-order valence-electron chi connectivity index (χ1n) is 11.6. The van der Waals surface area contributed by atoms with Crippen molar-refractivity contribution in [1.82, 2.24) is 9.80 Å². The Bertz CT molecular complexity index is 1180. The van der Waals surface area contributed by atoms with Crippen LogP contribution in [-0.4, -0.2) is 48.5 Å². The van der Waals surface area contributed by atoms with Crippen LogP contribution in [0.4, 0.5) is 14.9 Å². The summed E-state index contributed by atoms with van der Waals surface area (Å²) in [5.41, 5.74) is 2.38. The summed E-state index contributed by atoms with van der Waals surface area (Å²) in [6, 6.07) is 12.5. The van der Waals surface area contributed by atoms with Crippen molar-refractivity contribution in [3.63, 3.8) is 0 Å². The number of hydrogen-bond donors (Lipinski definition) is 1. The lowest BCUT2D eigenvalue weighted by molar-refractivity contribution is -0.133. The van der Waals surface area contributed by atoms with Crippen LogP contribution in [0.3, 0.4) is 0 Å². The lowest BCUT2D eigenvalue weighted by atomic mass is 10.2. The van der Waals surface area contributed by atoms with E-state index >= 15 is 0 Å². The number of hydrogen-bond acceptors (Lipinski definition) is 5. The predicted molar refractivity (Wildman–Crippen MR) is 140 cm³/mol. The second-order valence-corrected chi connectivity index (χ2v) is 9.62. The van der Waals surface area contributed by atoms with Crippen molar-refractivity contribution in [1.29, 1.82) is 0 Å². The Morgan fingerprint density at radius 2 is 1.75 bits per heavy atom. The molecule has 192 valence electrons. The Morgan fingerprint density at radius 1 is 1.03 bits per heavy atom. The number of thiophene rings is 1. The first-order chi connectivity index (χ1) is 17.2. The highest BCUT2D eigenvalue weighted by molar-refractivity contribution is 7.10. The van der Waals surface area contributed by atoms with Crippen LogP contribution in [0.15, 0.2) is 53.9 Å². The molecule has 0 fully saturated rings. The molecule has 0 aliphatic heterocycles. The zero-order valence-electron chi connectivity index (χ0n) is 21.2. The quantitative estimate of drug-likeness (QED) is 0.378. The number of rotatable bonds is 10. The minimum atomic E-state index is -0.421. The van der Waals surface area contributed by atoms with Gasteiger partial charge in [-0.1, -0.05) is 12.1 Å². The molecule has 0 bridgehead atoms. The third-order valence-corrected chi connectivity index (χ3v) is 6.79. The normalized spacial score (nSPS) is 10.8. The molecule has 1 aromatic heterocycles. The highest BCUT2D eigenvalue weighted by atomic mass is 32.1. The maximum Gasteiger partial charge on any atom is 0.322 e. The molecule has 9 heteroatoms. The number of methoxy groups -OCH3 is 2. The molecule has 3 rings (SSSR count). The van der Waals surface area contributed by atoms with Crippen molar-refractivity contribution < 1.29 is 23.5 Å². The van der Waals surface area contributed by atoms with E-state index in [4.69, 9.17) is 9.47 Å². The SMILES string of the molecule is COc1ccc(NC(=O)N(CC(=O)N(Cc2ccc(F)cc2)Cc2sccc2C)C(C)C)c(OC)c1. The minimum absolute atomic E-state index is 0.117. The average molecular weight is 514 g/mol. The zero-order chi connectivity index (χ0) is 26.2. The summed E-state index contributed by atoms with van der Waals surface area (Å²) in [4.78, 5) is 31.0. The van der Waals surface area contributed by atoms with Gasteiger partial charge in [0.2, 0.25) is 5.91 Å². The molecule has 0 atom stereocenters. The zero-order valence-corrected chi connectivity index (χ0v) is 22.0. The molecule has 0 unspecified atom stereocenters. The van der Waals surface area contributed by atoms with Crippen molar-refractivity contribution >= 4 is 29.0 Å². The number of aryl methyl sites for hydroxylation is 1. The van der Waals surface area contributed by atoms with Crippen LogP contribution in [0.25, 0.3) is 0 Å². The van der Waals surface area contributed by atoms with Gasteiger partial charge in [-0.05, 0) is 67.6 Å². The van der Waals surface area contributed by atoms with Gasteiger partial charge in [0.05, 0.1) is 26.5 Å². The van der Waals surface area contributed by atoms with Gasteiger partial charge < -0.3 is 24.6 Å². The van der Waals surface area contributed by atoms with E-state index in [-0.39, 0.29) is 24.3 Å². The lowest BCUT2D eigenvalue weighted by Crippen LogP contribution is -2.47. The molecular formula is C27H32FN3O4S. The number of nitrogens with one attached hydrogen (secondary N) is 1. The smallest absolute Gasteiger partial charge is 0.322 e. The molecule has 0 spiro atoms. The van der Waals surface area contributed by atoms with E-state index < -0.39 is 6.03 Å². The number of anilines is 1. The van der Waals surface area contributed by atoms with Crippen LogP contribution >= 0.6 is 11.3 Å². The number of nitrogens with zero attached hydrogens (tertiary/aromatic N) is 2. The van der Waals surface area contributed by atoms with E-state index in [1.54, 1.807) is 53.7 Å². The average Bonchev–Trinajstić information content (AvgIpc) is 3.27. The maximum absolute atomic E-state index is 13.5. The molecule has 0 aliphatic rings. The van der Waals surface area contributed by atoms with E-state index in [1.807, 2.05) is 32.2 Å². The Hall–Kier alpha value is -3.59. The Kier molecular flexibility index (Phi) is 9.30. The van der Waals surface area contributed by atoms with Gasteiger partial charge in [0.15, 0.2) is 0 Å². The van der Waals surface area contributed by atoms with Gasteiger partial charge in [0.1, 0.15) is 23.9 Å². The highest BCUT2D eigenvalue weighted by Crippen LogP contribution is 2.29. The third-order valence-electron chi connectivity index (χ3n) is 5.78. The van der Waals surface area contributed by atoms with Crippen molar-refractivity contribution in [2.24, 2.45) is 0 Å². The summed E-state index contributed by atoms with van der Waals surface area (Å²) < 4.78 is 24.0. The third kappa shape index (κ3) is 6.97. The van der Waals surface area contributed by atoms with Crippen LogP contribution in [0.1, 0.15) is 29.9 Å². The molecule has 3 amide bonds. The van der Waals surface area contributed by atoms with E-state index in [0.29, 0.717) is 30.3 Å².